The number of pyridine rings is 1. The van der Waals surface area contributed by atoms with E-state index in [1.807, 2.05) is 53.1 Å². The molecular weight excluding hydrogens is 492 g/mol. The van der Waals surface area contributed by atoms with Crippen LogP contribution in [0, 0.1) is 0 Å². The lowest BCUT2D eigenvalue weighted by Gasteiger charge is -2.32. The number of aliphatic imine (C=N–C) groups is 1. The smallest absolute Gasteiger partial charge is 0.217 e. The Morgan fingerprint density at radius 1 is 1.03 bits per heavy atom. The summed E-state index contributed by atoms with van der Waals surface area (Å²) in [6, 6.07) is 13.7. The molecule has 10 heteroatoms. The van der Waals surface area contributed by atoms with E-state index in [4.69, 9.17) is 15.2 Å². The Bertz CT molecular complexity index is 1440. The van der Waals surface area contributed by atoms with Crippen molar-refractivity contribution in [1.82, 2.24) is 29.2 Å². The first-order valence-corrected chi connectivity index (χ1v) is 13.0. The number of allylic oxidation sites excluding steroid dienone is 1. The number of hydrogen-bond donors (Lipinski definition) is 1. The molecule has 1 aliphatic rings. The quantitative estimate of drug-likeness (QED) is 0.315. The zero-order valence-electron chi connectivity index (χ0n) is 22.4. The number of hydrogen-bond acceptors (Lipinski definition) is 9. The lowest BCUT2D eigenvalue weighted by molar-refractivity contribution is 0.134. The number of benzene rings is 1. The van der Waals surface area contributed by atoms with Gasteiger partial charge in [-0.25, -0.2) is 15.0 Å². The fraction of sp³-hybridized carbons (Fsp3) is 0.310. The van der Waals surface area contributed by atoms with E-state index >= 15 is 0 Å². The van der Waals surface area contributed by atoms with Crippen LogP contribution >= 0.6 is 0 Å². The topological polar surface area (TPSA) is 106 Å². The SMILES string of the molecule is CN=C/C(=C\N)c1ccc(COc2cc(-c3cnc4cc(OCCN5CCN(C)CC5)ccn34)ncn2)cc1. The molecule has 4 aromatic rings. The number of nitrogens with two attached hydrogens (primary N) is 1. The van der Waals surface area contributed by atoms with Crippen molar-refractivity contribution in [2.75, 3.05) is 53.4 Å². The summed E-state index contributed by atoms with van der Waals surface area (Å²) in [5.74, 6) is 1.30. The summed E-state index contributed by atoms with van der Waals surface area (Å²) >= 11 is 0. The Labute approximate surface area is 228 Å². The third-order valence-electron chi connectivity index (χ3n) is 6.78. The van der Waals surface area contributed by atoms with Gasteiger partial charge in [-0.15, -0.1) is 0 Å². The van der Waals surface area contributed by atoms with Crippen molar-refractivity contribution in [2.45, 2.75) is 6.61 Å². The molecule has 4 heterocycles. The molecule has 2 N–H and O–H groups in total. The first-order chi connectivity index (χ1) is 19.1. The van der Waals surface area contributed by atoms with E-state index < -0.39 is 0 Å². The largest absolute Gasteiger partial charge is 0.492 e. The van der Waals surface area contributed by atoms with Crippen LogP contribution in [0.3, 0.4) is 0 Å². The number of imidazole rings is 1. The van der Waals surface area contributed by atoms with Gasteiger partial charge >= 0.3 is 0 Å². The predicted molar refractivity (Wildman–Crippen MR) is 153 cm³/mol. The fourth-order valence-corrected chi connectivity index (χ4v) is 4.47. The summed E-state index contributed by atoms with van der Waals surface area (Å²) in [4.78, 5) is 22.1. The molecule has 0 unspecified atom stereocenters. The van der Waals surface area contributed by atoms with Gasteiger partial charge in [0, 0.05) is 76.1 Å². The van der Waals surface area contributed by atoms with Gasteiger partial charge in [0.05, 0.1) is 17.6 Å². The standard InChI is InChI=1S/C29H34N8O2/c1-31-18-24(17-30)23-5-3-22(4-6-23)20-39-29-16-26(33-21-34-29)27-19-32-28-15-25(7-8-37(27)28)38-14-13-36-11-9-35(2)10-12-36/h3-8,15-19,21H,9-14,20,30H2,1-2H3/b24-17+,31-18?. The molecule has 5 rings (SSSR count). The zero-order valence-corrected chi connectivity index (χ0v) is 22.4. The lowest BCUT2D eigenvalue weighted by atomic mass is 10.1. The number of nitrogens with zero attached hydrogens (tertiary/aromatic N) is 7. The minimum absolute atomic E-state index is 0.377. The van der Waals surface area contributed by atoms with Crippen molar-refractivity contribution in [2.24, 2.45) is 10.7 Å². The van der Waals surface area contributed by atoms with Crippen LogP contribution in [0.25, 0.3) is 22.6 Å². The van der Waals surface area contributed by atoms with Crippen LogP contribution in [0.4, 0.5) is 0 Å². The first-order valence-electron chi connectivity index (χ1n) is 13.0. The molecule has 0 amide bonds. The Kier molecular flexibility index (Phi) is 8.45. The maximum absolute atomic E-state index is 6.02. The molecule has 39 heavy (non-hydrogen) atoms. The van der Waals surface area contributed by atoms with Gasteiger partial charge in [-0.1, -0.05) is 24.3 Å². The number of fused-ring (bicyclic) bond motifs is 1. The van der Waals surface area contributed by atoms with Gasteiger partial charge in [0.2, 0.25) is 5.88 Å². The second kappa shape index (κ2) is 12.5. The monoisotopic (exact) mass is 526 g/mol. The summed E-state index contributed by atoms with van der Waals surface area (Å²) in [6.45, 7) is 6.33. The van der Waals surface area contributed by atoms with E-state index in [9.17, 15) is 0 Å². The Morgan fingerprint density at radius 3 is 2.62 bits per heavy atom. The number of likely N-dealkylation sites (N-methyl/N-ethyl adjacent to an activating group) is 1. The molecule has 10 nitrogen and oxygen atoms in total. The van der Waals surface area contributed by atoms with Crippen LogP contribution in [0.15, 0.2) is 72.4 Å². The Balaban J connectivity index is 1.20. The number of piperazine rings is 1. The third-order valence-corrected chi connectivity index (χ3v) is 6.78. The molecule has 1 saturated heterocycles. The summed E-state index contributed by atoms with van der Waals surface area (Å²) in [5, 5.41) is 0. The van der Waals surface area contributed by atoms with E-state index in [2.05, 4.69) is 36.8 Å². The zero-order chi connectivity index (χ0) is 27.0. The highest BCUT2D eigenvalue weighted by Crippen LogP contribution is 2.24. The molecule has 3 aromatic heterocycles. The van der Waals surface area contributed by atoms with E-state index in [-0.39, 0.29) is 0 Å². The summed E-state index contributed by atoms with van der Waals surface area (Å²) < 4.78 is 14.0. The number of ether oxygens (including phenoxy) is 2. The van der Waals surface area contributed by atoms with Crippen LogP contribution in [-0.2, 0) is 6.61 Å². The van der Waals surface area contributed by atoms with E-state index in [0.717, 1.165) is 72.2 Å². The van der Waals surface area contributed by atoms with Crippen molar-refractivity contribution in [1.29, 1.82) is 0 Å². The normalized spacial score (nSPS) is 15.3. The molecule has 1 fully saturated rings. The van der Waals surface area contributed by atoms with Crippen molar-refractivity contribution in [3.05, 3.63) is 78.5 Å². The van der Waals surface area contributed by atoms with Gasteiger partial charge in [-0.3, -0.25) is 14.3 Å². The van der Waals surface area contributed by atoms with Crippen molar-refractivity contribution < 1.29 is 9.47 Å². The van der Waals surface area contributed by atoms with Crippen molar-refractivity contribution in [3.63, 3.8) is 0 Å². The van der Waals surface area contributed by atoms with E-state index in [1.54, 1.807) is 25.7 Å². The highest BCUT2D eigenvalue weighted by molar-refractivity contribution is 6.09. The average Bonchev–Trinajstić information content (AvgIpc) is 3.40. The number of aromatic nitrogens is 4. The van der Waals surface area contributed by atoms with Crippen LogP contribution in [0.1, 0.15) is 11.1 Å². The molecule has 0 bridgehead atoms. The highest BCUT2D eigenvalue weighted by atomic mass is 16.5. The second-order valence-corrected chi connectivity index (χ2v) is 9.46. The molecule has 0 aliphatic carbocycles. The maximum Gasteiger partial charge on any atom is 0.217 e. The van der Waals surface area contributed by atoms with Gasteiger partial charge < -0.3 is 20.1 Å². The molecule has 1 aliphatic heterocycles. The van der Waals surface area contributed by atoms with Crippen molar-refractivity contribution in [3.8, 4) is 23.0 Å². The van der Waals surface area contributed by atoms with E-state index in [0.29, 0.717) is 19.1 Å². The van der Waals surface area contributed by atoms with E-state index in [1.165, 1.54) is 6.33 Å². The van der Waals surface area contributed by atoms with Crippen LogP contribution < -0.4 is 15.2 Å². The molecule has 1 aromatic carbocycles. The Morgan fingerprint density at radius 2 is 1.85 bits per heavy atom. The highest BCUT2D eigenvalue weighted by Gasteiger charge is 2.14. The first kappa shape index (κ1) is 26.3. The predicted octanol–water partition coefficient (Wildman–Crippen LogP) is 3.00. The summed E-state index contributed by atoms with van der Waals surface area (Å²) in [6.07, 6.45) is 8.55. The average molecular weight is 527 g/mol. The van der Waals surface area contributed by atoms with Crippen LogP contribution in [-0.4, -0.2) is 88.8 Å². The lowest BCUT2D eigenvalue weighted by Crippen LogP contribution is -2.45. The summed E-state index contributed by atoms with van der Waals surface area (Å²) in [7, 11) is 3.88. The molecule has 0 atom stereocenters. The van der Waals surface area contributed by atoms with Crippen molar-refractivity contribution >= 4 is 17.4 Å². The second-order valence-electron chi connectivity index (χ2n) is 9.46. The third kappa shape index (κ3) is 6.60. The number of rotatable bonds is 10. The molecule has 202 valence electrons. The molecule has 0 saturated carbocycles. The van der Waals surface area contributed by atoms with Gasteiger partial charge in [0.15, 0.2) is 0 Å². The Hall–Kier alpha value is -4.28. The minimum atomic E-state index is 0.377. The maximum atomic E-state index is 6.02. The van der Waals surface area contributed by atoms with Gasteiger partial charge in [-0.05, 0) is 24.2 Å². The fourth-order valence-electron chi connectivity index (χ4n) is 4.47. The summed E-state index contributed by atoms with van der Waals surface area (Å²) in [5.41, 5.74) is 10.9. The van der Waals surface area contributed by atoms with Gasteiger partial charge in [0.25, 0.3) is 0 Å². The van der Waals surface area contributed by atoms with Crippen LogP contribution in [0.5, 0.6) is 11.6 Å². The molecule has 0 spiro atoms. The minimum Gasteiger partial charge on any atom is -0.492 e. The van der Waals surface area contributed by atoms with Crippen LogP contribution in [0.2, 0.25) is 0 Å². The van der Waals surface area contributed by atoms with Gasteiger partial charge in [0.1, 0.15) is 30.9 Å². The van der Waals surface area contributed by atoms with Gasteiger partial charge in [-0.2, -0.15) is 0 Å². The molecule has 0 radical (unpaired) electrons. The molecular formula is C29H34N8O2.